The zero-order valence-electron chi connectivity index (χ0n) is 12.5. The highest BCUT2D eigenvalue weighted by Crippen LogP contribution is 2.27. The van der Waals surface area contributed by atoms with Gasteiger partial charge in [-0.3, -0.25) is 5.43 Å². The summed E-state index contributed by atoms with van der Waals surface area (Å²) in [6, 6.07) is 17.2. The molecule has 0 bridgehead atoms. The fourth-order valence-corrected chi connectivity index (χ4v) is 2.12. The van der Waals surface area contributed by atoms with E-state index in [1.807, 2.05) is 30.3 Å². The maximum absolute atomic E-state index is 11.1. The van der Waals surface area contributed by atoms with Crippen LogP contribution in [0.2, 0.25) is 0 Å². The van der Waals surface area contributed by atoms with Crippen LogP contribution in [0.5, 0.6) is 5.75 Å². The van der Waals surface area contributed by atoms with Crippen LogP contribution >= 0.6 is 0 Å². The molecule has 1 heterocycles. The summed E-state index contributed by atoms with van der Waals surface area (Å²) in [7, 11) is 0. The van der Waals surface area contributed by atoms with Crippen LogP contribution in [0.3, 0.4) is 0 Å². The molecule has 0 aliphatic carbocycles. The molecule has 0 atom stereocenters. The number of furan rings is 1. The predicted octanol–water partition coefficient (Wildman–Crippen LogP) is 3.80. The molecule has 6 nitrogen and oxygen atoms in total. The van der Waals surface area contributed by atoms with E-state index in [9.17, 15) is 9.90 Å². The fraction of sp³-hybridized carbons (Fsp3) is 0. The molecule has 2 aromatic carbocycles. The van der Waals surface area contributed by atoms with Gasteiger partial charge < -0.3 is 14.6 Å². The first-order valence-electron chi connectivity index (χ1n) is 7.14. The van der Waals surface area contributed by atoms with Gasteiger partial charge in [-0.05, 0) is 42.5 Å². The number of hydrazone groups is 1. The van der Waals surface area contributed by atoms with E-state index in [1.54, 1.807) is 18.2 Å². The summed E-state index contributed by atoms with van der Waals surface area (Å²) in [5.41, 5.74) is 4.10. The van der Waals surface area contributed by atoms with Gasteiger partial charge in [-0.25, -0.2) is 4.79 Å². The highest BCUT2D eigenvalue weighted by atomic mass is 16.4. The molecule has 120 valence electrons. The largest absolute Gasteiger partial charge is 0.507 e. The Morgan fingerprint density at radius 2 is 1.88 bits per heavy atom. The van der Waals surface area contributed by atoms with Crippen molar-refractivity contribution in [3.63, 3.8) is 0 Å². The average Bonchev–Trinajstić information content (AvgIpc) is 3.05. The lowest BCUT2D eigenvalue weighted by molar-refractivity contribution is 0.0694. The van der Waals surface area contributed by atoms with Crippen molar-refractivity contribution in [1.29, 1.82) is 0 Å². The standard InChI is InChI=1S/C18H14N2O4/c21-16-8-6-12(10-15(16)18(22)23)17-9-7-14(24-17)11-19-20-13-4-2-1-3-5-13/h1-11,20-21H,(H,22,23)/b19-11+. The molecule has 3 N–H and O–H groups in total. The Morgan fingerprint density at radius 1 is 1.08 bits per heavy atom. The number of para-hydroxylation sites is 1. The SMILES string of the molecule is O=C(O)c1cc(-c2ccc(/C=N/Nc3ccccc3)o2)ccc1O. The highest BCUT2D eigenvalue weighted by Gasteiger charge is 2.12. The van der Waals surface area contributed by atoms with E-state index in [-0.39, 0.29) is 11.3 Å². The molecule has 0 amide bonds. The Balaban J connectivity index is 1.76. The van der Waals surface area contributed by atoms with Gasteiger partial charge in [-0.15, -0.1) is 0 Å². The number of phenols is 1. The third-order valence-corrected chi connectivity index (χ3v) is 3.30. The summed E-state index contributed by atoms with van der Waals surface area (Å²) in [5.74, 6) is -0.488. The first kappa shape index (κ1) is 15.4. The molecule has 0 unspecified atom stereocenters. The van der Waals surface area contributed by atoms with Gasteiger partial charge >= 0.3 is 5.97 Å². The van der Waals surface area contributed by atoms with Crippen molar-refractivity contribution in [3.8, 4) is 17.1 Å². The van der Waals surface area contributed by atoms with E-state index < -0.39 is 5.97 Å². The zero-order valence-corrected chi connectivity index (χ0v) is 12.5. The third kappa shape index (κ3) is 3.44. The van der Waals surface area contributed by atoms with E-state index in [2.05, 4.69) is 10.5 Å². The summed E-state index contributed by atoms with van der Waals surface area (Å²) >= 11 is 0. The van der Waals surface area contributed by atoms with Crippen LogP contribution in [-0.4, -0.2) is 22.4 Å². The average molecular weight is 322 g/mol. The minimum atomic E-state index is -1.20. The van der Waals surface area contributed by atoms with Gasteiger partial charge in [0.25, 0.3) is 0 Å². The second-order valence-electron chi connectivity index (χ2n) is 4.98. The van der Waals surface area contributed by atoms with Crippen LogP contribution in [0.15, 0.2) is 70.2 Å². The van der Waals surface area contributed by atoms with Crippen molar-refractivity contribution < 1.29 is 19.4 Å². The lowest BCUT2D eigenvalue weighted by Gasteiger charge is -2.02. The molecule has 0 fully saturated rings. The molecular formula is C18H14N2O4. The number of carboxylic acid groups (broad SMARTS) is 1. The Kier molecular flexibility index (Phi) is 4.29. The van der Waals surface area contributed by atoms with Gasteiger partial charge in [0.2, 0.25) is 0 Å². The number of aromatic carboxylic acids is 1. The minimum absolute atomic E-state index is 0.176. The van der Waals surface area contributed by atoms with Crippen LogP contribution in [0.25, 0.3) is 11.3 Å². The maximum atomic E-state index is 11.1. The number of anilines is 1. The Labute approximate surface area is 137 Å². The van der Waals surface area contributed by atoms with E-state index in [4.69, 9.17) is 9.52 Å². The first-order valence-corrected chi connectivity index (χ1v) is 7.14. The lowest BCUT2D eigenvalue weighted by atomic mass is 10.1. The van der Waals surface area contributed by atoms with Gasteiger partial charge in [0.1, 0.15) is 22.8 Å². The first-order chi connectivity index (χ1) is 11.6. The number of carbonyl (C=O) groups is 1. The van der Waals surface area contributed by atoms with Crippen LogP contribution in [-0.2, 0) is 0 Å². The smallest absolute Gasteiger partial charge is 0.339 e. The number of rotatable bonds is 5. The van der Waals surface area contributed by atoms with Gasteiger partial charge in [-0.2, -0.15) is 5.10 Å². The monoisotopic (exact) mass is 322 g/mol. The van der Waals surface area contributed by atoms with Crippen LogP contribution in [0.1, 0.15) is 16.1 Å². The Hall–Kier alpha value is -3.54. The van der Waals surface area contributed by atoms with Gasteiger partial charge in [0, 0.05) is 5.56 Å². The summed E-state index contributed by atoms with van der Waals surface area (Å²) in [6.07, 6.45) is 1.52. The number of hydrogen-bond donors (Lipinski definition) is 3. The summed E-state index contributed by atoms with van der Waals surface area (Å²) in [5, 5.41) is 22.7. The minimum Gasteiger partial charge on any atom is -0.507 e. The number of nitrogens with one attached hydrogen (secondary N) is 1. The summed E-state index contributed by atoms with van der Waals surface area (Å²) in [4.78, 5) is 11.1. The third-order valence-electron chi connectivity index (χ3n) is 3.30. The van der Waals surface area contributed by atoms with Gasteiger partial charge in [0.15, 0.2) is 0 Å². The quantitative estimate of drug-likeness (QED) is 0.490. The number of hydrogen-bond acceptors (Lipinski definition) is 5. The number of nitrogens with zero attached hydrogens (tertiary/aromatic N) is 1. The molecule has 0 radical (unpaired) electrons. The van der Waals surface area contributed by atoms with Crippen molar-refractivity contribution in [2.24, 2.45) is 5.10 Å². The molecule has 6 heteroatoms. The molecule has 3 rings (SSSR count). The molecular weight excluding hydrogens is 308 g/mol. The molecule has 0 saturated heterocycles. The molecule has 0 aliphatic heterocycles. The number of carboxylic acids is 1. The van der Waals surface area contributed by atoms with Crippen molar-refractivity contribution in [2.45, 2.75) is 0 Å². The summed E-state index contributed by atoms with van der Waals surface area (Å²) in [6.45, 7) is 0. The van der Waals surface area contributed by atoms with Crippen molar-refractivity contribution in [1.82, 2.24) is 0 Å². The highest BCUT2D eigenvalue weighted by molar-refractivity contribution is 5.92. The molecule has 24 heavy (non-hydrogen) atoms. The van der Waals surface area contributed by atoms with Crippen LogP contribution in [0.4, 0.5) is 5.69 Å². The molecule has 0 spiro atoms. The van der Waals surface area contributed by atoms with Crippen molar-refractivity contribution in [2.75, 3.05) is 5.43 Å². The van der Waals surface area contributed by atoms with Crippen LogP contribution in [0, 0.1) is 0 Å². The second-order valence-corrected chi connectivity index (χ2v) is 4.98. The molecule has 0 saturated carbocycles. The molecule has 0 aliphatic rings. The van der Waals surface area contributed by atoms with Crippen molar-refractivity contribution >= 4 is 17.9 Å². The summed E-state index contributed by atoms with van der Waals surface area (Å²) < 4.78 is 5.62. The Bertz CT molecular complexity index is 885. The Morgan fingerprint density at radius 3 is 2.62 bits per heavy atom. The second kappa shape index (κ2) is 6.70. The predicted molar refractivity (Wildman–Crippen MR) is 90.4 cm³/mol. The lowest BCUT2D eigenvalue weighted by Crippen LogP contribution is -1.96. The van der Waals surface area contributed by atoms with Gasteiger partial charge in [-0.1, -0.05) is 18.2 Å². The number of aromatic hydroxyl groups is 1. The zero-order chi connectivity index (χ0) is 16.9. The number of benzene rings is 2. The molecule has 1 aromatic heterocycles. The van der Waals surface area contributed by atoms with Gasteiger partial charge in [0.05, 0.1) is 11.9 Å². The van der Waals surface area contributed by atoms with Crippen LogP contribution < -0.4 is 5.43 Å². The van der Waals surface area contributed by atoms with E-state index >= 15 is 0 Å². The molecule has 3 aromatic rings. The normalized spacial score (nSPS) is 10.8. The van der Waals surface area contributed by atoms with Crippen molar-refractivity contribution in [3.05, 3.63) is 72.0 Å². The van der Waals surface area contributed by atoms with E-state index in [1.165, 1.54) is 18.3 Å². The topological polar surface area (TPSA) is 95.1 Å². The van der Waals surface area contributed by atoms with E-state index in [0.717, 1.165) is 5.69 Å². The van der Waals surface area contributed by atoms with E-state index in [0.29, 0.717) is 17.1 Å². The fourth-order valence-electron chi connectivity index (χ4n) is 2.12. The maximum Gasteiger partial charge on any atom is 0.339 e.